The Bertz CT molecular complexity index is 494. The zero-order valence-corrected chi connectivity index (χ0v) is 11.6. The van der Waals surface area contributed by atoms with Crippen LogP contribution in [-0.4, -0.2) is 56.2 Å². The van der Waals surface area contributed by atoms with Gasteiger partial charge in [-0.3, -0.25) is 4.98 Å². The van der Waals surface area contributed by atoms with Crippen molar-refractivity contribution in [3.63, 3.8) is 0 Å². The zero-order chi connectivity index (χ0) is 13.8. The van der Waals surface area contributed by atoms with Crippen LogP contribution in [0.25, 0.3) is 0 Å². The number of methoxy groups -OCH3 is 1. The maximum absolute atomic E-state index is 12.1. The number of halogens is 1. The topological polar surface area (TPSA) is 79.7 Å². The highest BCUT2D eigenvalue weighted by atomic mass is 35.5. The van der Waals surface area contributed by atoms with Crippen LogP contribution in [0, 0.1) is 0 Å². The van der Waals surface area contributed by atoms with Crippen molar-refractivity contribution in [3.8, 4) is 0 Å². The van der Waals surface area contributed by atoms with Crippen molar-refractivity contribution < 1.29 is 18.3 Å². The van der Waals surface area contributed by atoms with E-state index in [0.29, 0.717) is 0 Å². The van der Waals surface area contributed by atoms with Crippen LogP contribution in [0.5, 0.6) is 0 Å². The fourth-order valence-corrected chi connectivity index (χ4v) is 2.97. The minimum absolute atomic E-state index is 0.0562. The summed E-state index contributed by atoms with van der Waals surface area (Å²) in [6, 6.07) is 1.40. The van der Waals surface area contributed by atoms with Gasteiger partial charge in [-0.2, -0.15) is 4.31 Å². The van der Waals surface area contributed by atoms with Gasteiger partial charge < -0.3 is 9.84 Å². The van der Waals surface area contributed by atoms with Crippen molar-refractivity contribution in [1.82, 2.24) is 9.29 Å². The van der Waals surface area contributed by atoms with Crippen LogP contribution >= 0.6 is 11.6 Å². The lowest BCUT2D eigenvalue weighted by Gasteiger charge is -2.20. The van der Waals surface area contributed by atoms with Crippen LogP contribution in [0.3, 0.4) is 0 Å². The maximum Gasteiger partial charge on any atom is 0.245 e. The predicted octanol–water partition coefficient (Wildman–Crippen LogP) is 0.363. The molecule has 8 heteroatoms. The van der Waals surface area contributed by atoms with Crippen molar-refractivity contribution in [2.24, 2.45) is 0 Å². The number of hydrogen-bond donors (Lipinski definition) is 1. The lowest BCUT2D eigenvalue weighted by atomic mass is 10.4. The number of aromatic nitrogens is 1. The molecular weight excluding hydrogens is 280 g/mol. The fraction of sp³-hybridized carbons (Fsp3) is 0.500. The molecule has 0 bridgehead atoms. The molecular formula is C10H15ClN2O4S. The second-order valence-corrected chi connectivity index (χ2v) is 6.12. The van der Waals surface area contributed by atoms with Crippen LogP contribution in [0.1, 0.15) is 0 Å². The van der Waals surface area contributed by atoms with Crippen molar-refractivity contribution in [2.75, 3.05) is 27.3 Å². The molecule has 18 heavy (non-hydrogen) atoms. The minimum atomic E-state index is -3.76. The third-order valence-electron chi connectivity index (χ3n) is 2.25. The first kappa shape index (κ1) is 15.3. The van der Waals surface area contributed by atoms with Gasteiger partial charge in [0.1, 0.15) is 4.90 Å². The van der Waals surface area contributed by atoms with Gasteiger partial charge in [0.05, 0.1) is 17.7 Å². The van der Waals surface area contributed by atoms with Crippen molar-refractivity contribution >= 4 is 21.6 Å². The molecule has 1 N–H and O–H groups in total. The van der Waals surface area contributed by atoms with E-state index in [1.54, 1.807) is 0 Å². The molecule has 1 unspecified atom stereocenters. The molecule has 0 saturated heterocycles. The molecule has 0 aliphatic heterocycles. The van der Waals surface area contributed by atoms with E-state index in [9.17, 15) is 13.5 Å². The first-order chi connectivity index (χ1) is 8.39. The van der Waals surface area contributed by atoms with E-state index in [1.807, 2.05) is 0 Å². The number of rotatable bonds is 6. The lowest BCUT2D eigenvalue weighted by Crippen LogP contribution is -2.36. The average molecular weight is 295 g/mol. The summed E-state index contributed by atoms with van der Waals surface area (Å²) in [4.78, 5) is 3.65. The second kappa shape index (κ2) is 6.44. The third kappa shape index (κ3) is 3.63. The summed E-state index contributed by atoms with van der Waals surface area (Å²) in [6.45, 7) is -0.0258. The number of hydrogen-bond acceptors (Lipinski definition) is 5. The van der Waals surface area contributed by atoms with Gasteiger partial charge in [0.15, 0.2) is 0 Å². The molecule has 0 amide bonds. The SMILES string of the molecule is COCC(O)CN(C)S(=O)(=O)c1cnccc1Cl. The highest BCUT2D eigenvalue weighted by Gasteiger charge is 2.25. The molecule has 0 spiro atoms. The van der Waals surface area contributed by atoms with E-state index < -0.39 is 16.1 Å². The Hall–Kier alpha value is -0.730. The van der Waals surface area contributed by atoms with Crippen LogP contribution in [0.15, 0.2) is 23.4 Å². The van der Waals surface area contributed by atoms with Gasteiger partial charge in [-0.1, -0.05) is 11.6 Å². The van der Waals surface area contributed by atoms with Crippen molar-refractivity contribution in [1.29, 1.82) is 0 Å². The van der Waals surface area contributed by atoms with Crippen molar-refractivity contribution in [3.05, 3.63) is 23.5 Å². The lowest BCUT2D eigenvalue weighted by molar-refractivity contribution is 0.0554. The first-order valence-electron chi connectivity index (χ1n) is 5.12. The Balaban J connectivity index is 2.90. The molecule has 0 saturated carbocycles. The van der Waals surface area contributed by atoms with Gasteiger partial charge in [0, 0.05) is 33.1 Å². The number of aliphatic hydroxyl groups is 1. The summed E-state index contributed by atoms with van der Waals surface area (Å²) in [5.74, 6) is 0. The zero-order valence-electron chi connectivity index (χ0n) is 10.1. The average Bonchev–Trinajstić information content (AvgIpc) is 2.29. The molecule has 1 atom stereocenters. The Morgan fingerprint density at radius 1 is 1.61 bits per heavy atom. The minimum Gasteiger partial charge on any atom is -0.389 e. The molecule has 1 rings (SSSR count). The second-order valence-electron chi connectivity index (χ2n) is 3.70. The molecule has 0 aromatic carbocycles. The first-order valence-corrected chi connectivity index (χ1v) is 6.94. The molecule has 0 aliphatic rings. The van der Waals surface area contributed by atoms with Crippen LogP contribution in [-0.2, 0) is 14.8 Å². The monoisotopic (exact) mass is 294 g/mol. The molecule has 0 aliphatic carbocycles. The van der Waals surface area contributed by atoms with E-state index in [-0.39, 0.29) is 23.1 Å². The Labute approximate surface area is 111 Å². The van der Waals surface area contributed by atoms with E-state index in [0.717, 1.165) is 4.31 Å². The third-order valence-corrected chi connectivity index (χ3v) is 4.54. The molecule has 1 heterocycles. The predicted molar refractivity (Wildman–Crippen MR) is 66.9 cm³/mol. The standard InChI is InChI=1S/C10H15ClN2O4S/c1-13(6-8(14)7-17-2)18(15,16)10-5-12-4-3-9(10)11/h3-5,8,14H,6-7H2,1-2H3. The van der Waals surface area contributed by atoms with E-state index >= 15 is 0 Å². The number of aliphatic hydroxyl groups excluding tert-OH is 1. The molecule has 0 radical (unpaired) electrons. The highest BCUT2D eigenvalue weighted by molar-refractivity contribution is 7.89. The number of ether oxygens (including phenoxy) is 1. The number of nitrogens with zero attached hydrogens (tertiary/aromatic N) is 2. The van der Waals surface area contributed by atoms with Crippen LogP contribution < -0.4 is 0 Å². The fourth-order valence-electron chi connectivity index (χ4n) is 1.36. The van der Waals surface area contributed by atoms with Crippen LogP contribution in [0.2, 0.25) is 5.02 Å². The Morgan fingerprint density at radius 3 is 2.83 bits per heavy atom. The van der Waals surface area contributed by atoms with E-state index in [2.05, 4.69) is 4.98 Å². The molecule has 1 aromatic rings. The van der Waals surface area contributed by atoms with Gasteiger partial charge in [-0.25, -0.2) is 8.42 Å². The van der Waals surface area contributed by atoms with Crippen LogP contribution in [0.4, 0.5) is 0 Å². The maximum atomic E-state index is 12.1. The number of pyridine rings is 1. The Morgan fingerprint density at radius 2 is 2.28 bits per heavy atom. The summed E-state index contributed by atoms with van der Waals surface area (Å²) in [7, 11) is -0.975. The summed E-state index contributed by atoms with van der Waals surface area (Å²) in [6.07, 6.45) is 1.68. The van der Waals surface area contributed by atoms with Gasteiger partial charge in [0.2, 0.25) is 10.0 Å². The highest BCUT2D eigenvalue weighted by Crippen LogP contribution is 2.22. The largest absolute Gasteiger partial charge is 0.389 e. The van der Waals surface area contributed by atoms with Gasteiger partial charge in [0.25, 0.3) is 0 Å². The number of sulfonamides is 1. The molecule has 1 aromatic heterocycles. The smallest absolute Gasteiger partial charge is 0.245 e. The summed E-state index contributed by atoms with van der Waals surface area (Å²) in [5, 5.41) is 9.61. The number of likely N-dealkylation sites (N-methyl/N-ethyl adjacent to an activating group) is 1. The molecule has 6 nitrogen and oxygen atoms in total. The summed E-state index contributed by atoms with van der Waals surface area (Å²) >= 11 is 5.82. The van der Waals surface area contributed by atoms with Gasteiger partial charge >= 0.3 is 0 Å². The summed E-state index contributed by atoms with van der Waals surface area (Å²) < 4.78 is 30.0. The molecule has 0 fully saturated rings. The molecule has 102 valence electrons. The van der Waals surface area contributed by atoms with Gasteiger partial charge in [-0.15, -0.1) is 0 Å². The summed E-state index contributed by atoms with van der Waals surface area (Å²) in [5.41, 5.74) is 0. The van der Waals surface area contributed by atoms with E-state index in [4.69, 9.17) is 16.3 Å². The van der Waals surface area contributed by atoms with Gasteiger partial charge in [-0.05, 0) is 6.07 Å². The normalized spacial score (nSPS) is 13.8. The quantitative estimate of drug-likeness (QED) is 0.819. The van der Waals surface area contributed by atoms with Crippen molar-refractivity contribution in [2.45, 2.75) is 11.0 Å². The Kier molecular flexibility index (Phi) is 5.48. The van der Waals surface area contributed by atoms with E-state index in [1.165, 1.54) is 32.6 Å².